The molecule has 1 atom stereocenters. The molecule has 0 aliphatic heterocycles. The number of benzene rings is 1. The molecule has 1 aromatic carbocycles. The quantitative estimate of drug-likeness (QED) is 0.501. The molecule has 0 aliphatic carbocycles. The van der Waals surface area contributed by atoms with Gasteiger partial charge in [0.1, 0.15) is 11.1 Å². The van der Waals surface area contributed by atoms with E-state index in [1.165, 1.54) is 0 Å². The van der Waals surface area contributed by atoms with Crippen LogP contribution in [0, 0.1) is 0 Å². The molecule has 0 bridgehead atoms. The zero-order valence-electron chi connectivity index (χ0n) is 12.7. The first kappa shape index (κ1) is 18.8. The monoisotopic (exact) mass is 346 g/mol. The lowest BCUT2D eigenvalue weighted by Gasteiger charge is -2.15. The molecule has 6 heteroatoms. The molecule has 4 nitrogen and oxygen atoms in total. The summed E-state index contributed by atoms with van der Waals surface area (Å²) >= 11 is 11.8. The van der Waals surface area contributed by atoms with Crippen molar-refractivity contribution in [1.82, 2.24) is 0 Å². The average molecular weight is 347 g/mol. The number of esters is 2. The van der Waals surface area contributed by atoms with Gasteiger partial charge >= 0.3 is 11.9 Å². The van der Waals surface area contributed by atoms with Gasteiger partial charge in [-0.2, -0.15) is 0 Å². The number of ether oxygens (including phenoxy) is 2. The molecule has 0 heterocycles. The van der Waals surface area contributed by atoms with Crippen molar-refractivity contribution in [3.8, 4) is 5.75 Å². The summed E-state index contributed by atoms with van der Waals surface area (Å²) in [6, 6.07) is 4.76. The van der Waals surface area contributed by atoms with Crippen molar-refractivity contribution in [2.24, 2.45) is 0 Å². The van der Waals surface area contributed by atoms with Crippen molar-refractivity contribution in [2.75, 3.05) is 0 Å². The maximum atomic E-state index is 11.7. The van der Waals surface area contributed by atoms with Crippen LogP contribution in [0.4, 0.5) is 0 Å². The smallest absolute Gasteiger partial charge is 0.311 e. The van der Waals surface area contributed by atoms with E-state index in [-0.39, 0.29) is 29.7 Å². The zero-order chi connectivity index (χ0) is 16.5. The minimum atomic E-state index is -0.551. The Morgan fingerprint density at radius 3 is 2.45 bits per heavy atom. The lowest BCUT2D eigenvalue weighted by Crippen LogP contribution is -2.19. The maximum absolute atomic E-state index is 11.7. The molecule has 0 radical (unpaired) electrons. The second-order valence-electron chi connectivity index (χ2n) is 4.83. The number of carbonyl (C=O) groups is 2. The van der Waals surface area contributed by atoms with E-state index >= 15 is 0 Å². The fourth-order valence-corrected chi connectivity index (χ4v) is 2.18. The molecule has 0 saturated carbocycles. The summed E-state index contributed by atoms with van der Waals surface area (Å²) in [6.45, 7) is 3.99. The number of rotatable bonds is 8. The molecule has 0 aromatic heterocycles. The highest BCUT2D eigenvalue weighted by Crippen LogP contribution is 2.31. The molecule has 0 aliphatic rings. The third kappa shape index (κ3) is 6.24. The Morgan fingerprint density at radius 1 is 1.14 bits per heavy atom. The molecule has 0 saturated heterocycles. The van der Waals surface area contributed by atoms with Crippen molar-refractivity contribution in [3.05, 3.63) is 28.2 Å². The minimum absolute atomic E-state index is 0.0166. The van der Waals surface area contributed by atoms with E-state index in [1.54, 1.807) is 18.2 Å². The second-order valence-corrected chi connectivity index (χ2v) is 5.62. The lowest BCUT2D eigenvalue weighted by atomic mass is 10.1. The van der Waals surface area contributed by atoms with E-state index in [0.29, 0.717) is 5.02 Å². The van der Waals surface area contributed by atoms with Crippen LogP contribution in [0.15, 0.2) is 18.2 Å². The average Bonchev–Trinajstić information content (AvgIpc) is 2.49. The predicted molar refractivity (Wildman–Crippen MR) is 86.4 cm³/mol. The molecular weight excluding hydrogens is 327 g/mol. The van der Waals surface area contributed by atoms with Gasteiger partial charge in [-0.15, -0.1) is 0 Å². The third-order valence-corrected chi connectivity index (χ3v) is 3.84. The van der Waals surface area contributed by atoms with Gasteiger partial charge in [0.05, 0.1) is 17.9 Å². The molecule has 1 aromatic rings. The van der Waals surface area contributed by atoms with E-state index in [2.05, 4.69) is 0 Å². The number of halogens is 2. The minimum Gasteiger partial charge on any atom is -0.462 e. The predicted octanol–water partition coefficient (Wildman–Crippen LogP) is 4.80. The molecule has 122 valence electrons. The van der Waals surface area contributed by atoms with Crippen LogP contribution in [0.5, 0.6) is 5.75 Å². The lowest BCUT2D eigenvalue weighted by molar-refractivity contribution is -0.152. The summed E-state index contributed by atoms with van der Waals surface area (Å²) in [5, 5.41) is 0.478. The van der Waals surface area contributed by atoms with Crippen molar-refractivity contribution in [1.29, 1.82) is 0 Å². The van der Waals surface area contributed by atoms with Crippen LogP contribution >= 0.6 is 23.2 Å². The first-order chi connectivity index (χ1) is 10.5. The number of hydrogen-bond donors (Lipinski definition) is 0. The Kier molecular flexibility index (Phi) is 8.28. The largest absolute Gasteiger partial charge is 0.462 e. The van der Waals surface area contributed by atoms with Crippen LogP contribution in [-0.2, 0) is 14.3 Å². The fraction of sp³-hybridized carbons (Fsp3) is 0.500. The van der Waals surface area contributed by atoms with Crippen molar-refractivity contribution >= 4 is 35.1 Å². The Hall–Kier alpha value is -1.26. The first-order valence-electron chi connectivity index (χ1n) is 7.32. The highest BCUT2D eigenvalue weighted by atomic mass is 35.5. The summed E-state index contributed by atoms with van der Waals surface area (Å²) < 4.78 is 10.4. The highest BCUT2D eigenvalue weighted by Gasteiger charge is 2.15. The van der Waals surface area contributed by atoms with Crippen LogP contribution in [0.2, 0.25) is 10.0 Å². The fourth-order valence-electron chi connectivity index (χ4n) is 1.85. The molecule has 1 unspecified atom stereocenters. The number of carbonyl (C=O) groups excluding carboxylic acids is 2. The Morgan fingerprint density at radius 2 is 1.82 bits per heavy atom. The Balaban J connectivity index is 2.42. The van der Waals surface area contributed by atoms with Crippen LogP contribution in [0.25, 0.3) is 0 Å². The number of hydrogen-bond acceptors (Lipinski definition) is 4. The molecule has 0 N–H and O–H groups in total. The Bertz CT molecular complexity index is 517. The zero-order valence-corrected chi connectivity index (χ0v) is 14.2. The van der Waals surface area contributed by atoms with E-state index in [9.17, 15) is 9.59 Å². The van der Waals surface area contributed by atoms with Crippen LogP contribution in [0.3, 0.4) is 0 Å². The van der Waals surface area contributed by atoms with Crippen molar-refractivity contribution in [2.45, 2.75) is 52.1 Å². The molecule has 1 rings (SSSR count). The van der Waals surface area contributed by atoms with Gasteiger partial charge in [-0.3, -0.25) is 9.59 Å². The molecular formula is C16H20Cl2O4. The summed E-state index contributed by atoms with van der Waals surface area (Å²) in [7, 11) is 0. The van der Waals surface area contributed by atoms with Gasteiger partial charge in [0.25, 0.3) is 0 Å². The highest BCUT2D eigenvalue weighted by molar-refractivity contribution is 6.43. The Labute approximate surface area is 140 Å². The maximum Gasteiger partial charge on any atom is 0.311 e. The van der Waals surface area contributed by atoms with Gasteiger partial charge < -0.3 is 9.47 Å². The van der Waals surface area contributed by atoms with Crippen LogP contribution < -0.4 is 4.74 Å². The van der Waals surface area contributed by atoms with Crippen LogP contribution in [-0.4, -0.2) is 18.0 Å². The van der Waals surface area contributed by atoms with Gasteiger partial charge in [-0.1, -0.05) is 49.5 Å². The molecule has 0 fully saturated rings. The molecule has 0 spiro atoms. The molecule has 0 amide bonds. The normalized spacial score (nSPS) is 11.8. The van der Waals surface area contributed by atoms with Crippen molar-refractivity contribution in [3.63, 3.8) is 0 Å². The summed E-state index contributed by atoms with van der Waals surface area (Å²) in [5.41, 5.74) is 0. The van der Waals surface area contributed by atoms with Gasteiger partial charge in [0.2, 0.25) is 0 Å². The van der Waals surface area contributed by atoms with E-state index < -0.39 is 11.9 Å². The van der Waals surface area contributed by atoms with Gasteiger partial charge in [-0.25, -0.2) is 0 Å². The summed E-state index contributed by atoms with van der Waals surface area (Å²) in [6.07, 6.45) is 2.37. The topological polar surface area (TPSA) is 52.6 Å². The second kappa shape index (κ2) is 9.70. The van der Waals surface area contributed by atoms with E-state index in [0.717, 1.165) is 19.3 Å². The summed E-state index contributed by atoms with van der Waals surface area (Å²) in [4.78, 5) is 23.4. The van der Waals surface area contributed by atoms with Crippen molar-refractivity contribution < 1.29 is 19.1 Å². The third-order valence-electron chi connectivity index (χ3n) is 3.04. The van der Waals surface area contributed by atoms with E-state index in [1.807, 2.05) is 13.8 Å². The molecule has 22 heavy (non-hydrogen) atoms. The SMILES string of the molecule is CCCC(CC)OC(=O)CCC(=O)Oc1cccc(Cl)c1Cl. The van der Waals surface area contributed by atoms with E-state index in [4.69, 9.17) is 32.7 Å². The van der Waals surface area contributed by atoms with Crippen LogP contribution in [0.1, 0.15) is 46.0 Å². The van der Waals surface area contributed by atoms with Gasteiger partial charge in [0.15, 0.2) is 5.75 Å². The first-order valence-corrected chi connectivity index (χ1v) is 8.07. The standard InChI is InChI=1S/C16H20Cl2O4/c1-3-6-11(4-2)21-14(19)9-10-15(20)22-13-8-5-7-12(17)16(13)18/h5,7-8,11H,3-4,6,9-10H2,1-2H3. The van der Waals surface area contributed by atoms with Gasteiger partial charge in [-0.05, 0) is 25.0 Å². The summed E-state index contributed by atoms with van der Waals surface area (Å²) in [5.74, 6) is -0.760. The van der Waals surface area contributed by atoms with Gasteiger partial charge in [0, 0.05) is 0 Å².